The lowest BCUT2D eigenvalue weighted by molar-refractivity contribution is -0.141. The van der Waals surface area contributed by atoms with E-state index in [2.05, 4.69) is 5.32 Å². The van der Waals surface area contributed by atoms with Crippen LogP contribution < -0.4 is 9.62 Å². The third-order valence-corrected chi connectivity index (χ3v) is 7.42. The van der Waals surface area contributed by atoms with Crippen LogP contribution in [-0.4, -0.2) is 50.5 Å². The summed E-state index contributed by atoms with van der Waals surface area (Å²) in [6.07, 6.45) is 2.65. The molecular weight excluding hydrogens is 509 g/mol. The van der Waals surface area contributed by atoms with E-state index in [0.29, 0.717) is 34.3 Å². The molecule has 2 aromatic carbocycles. The minimum Gasteiger partial charge on any atom is -0.354 e. The average molecular weight is 543 g/mol. The molecule has 2 amide bonds. The number of nitrogens with zero attached hydrogens (tertiary/aromatic N) is 2. The summed E-state index contributed by atoms with van der Waals surface area (Å²) in [4.78, 5) is 27.8. The molecule has 10 heteroatoms. The molecule has 0 aliphatic carbocycles. The van der Waals surface area contributed by atoms with E-state index in [9.17, 15) is 18.0 Å². The Balaban J connectivity index is 2.24. The molecule has 192 valence electrons. The molecule has 0 fully saturated rings. The quantitative estimate of drug-likeness (QED) is 0.391. The van der Waals surface area contributed by atoms with Gasteiger partial charge in [0.2, 0.25) is 21.8 Å². The Morgan fingerprint density at radius 3 is 2.17 bits per heavy atom. The Labute approximate surface area is 218 Å². The van der Waals surface area contributed by atoms with E-state index >= 15 is 0 Å². The molecule has 2 aromatic rings. The zero-order valence-electron chi connectivity index (χ0n) is 20.3. The van der Waals surface area contributed by atoms with Crippen LogP contribution in [0.25, 0.3) is 0 Å². The Hall–Kier alpha value is -2.29. The summed E-state index contributed by atoms with van der Waals surface area (Å²) in [6, 6.07) is 13.1. The van der Waals surface area contributed by atoms with Crippen molar-refractivity contribution in [2.75, 3.05) is 23.7 Å². The molecule has 0 radical (unpaired) electrons. The van der Waals surface area contributed by atoms with Crippen molar-refractivity contribution in [1.82, 2.24) is 10.2 Å². The highest BCUT2D eigenvalue weighted by Crippen LogP contribution is 2.27. The molecular formula is C25H33Cl2N3O4S. The molecule has 1 N–H and O–H groups in total. The lowest BCUT2D eigenvalue weighted by Crippen LogP contribution is -2.49. The highest BCUT2D eigenvalue weighted by molar-refractivity contribution is 7.92. The summed E-state index contributed by atoms with van der Waals surface area (Å²) in [5.41, 5.74) is 1.10. The van der Waals surface area contributed by atoms with Crippen LogP contribution in [0.2, 0.25) is 10.0 Å². The molecule has 0 aromatic heterocycles. The number of halogens is 2. The van der Waals surface area contributed by atoms with Crippen molar-refractivity contribution in [3.63, 3.8) is 0 Å². The fourth-order valence-electron chi connectivity index (χ4n) is 3.74. The van der Waals surface area contributed by atoms with Crippen LogP contribution in [0.4, 0.5) is 5.69 Å². The molecule has 0 saturated carbocycles. The second-order valence-electron chi connectivity index (χ2n) is 8.21. The van der Waals surface area contributed by atoms with Crippen molar-refractivity contribution in [3.05, 3.63) is 64.1 Å². The molecule has 1 atom stereocenters. The summed E-state index contributed by atoms with van der Waals surface area (Å²) < 4.78 is 26.0. The van der Waals surface area contributed by atoms with E-state index in [4.69, 9.17) is 23.2 Å². The zero-order chi connectivity index (χ0) is 26.0. The molecule has 0 saturated heterocycles. The summed E-state index contributed by atoms with van der Waals surface area (Å²) in [7, 11) is -3.53. The summed E-state index contributed by atoms with van der Waals surface area (Å²) in [5.74, 6) is -0.520. The van der Waals surface area contributed by atoms with Crippen molar-refractivity contribution in [2.45, 2.75) is 52.1 Å². The smallest absolute Gasteiger partial charge is 0.242 e. The number of carbonyl (C=O) groups excluding carboxylic acids is 2. The number of para-hydroxylation sites is 1. The normalized spacial score (nSPS) is 12.1. The van der Waals surface area contributed by atoms with E-state index in [1.807, 2.05) is 13.8 Å². The second kappa shape index (κ2) is 13.7. The molecule has 0 aliphatic rings. The molecule has 0 bridgehead atoms. The number of hydrogen-bond acceptors (Lipinski definition) is 4. The maximum Gasteiger partial charge on any atom is 0.242 e. The minimum atomic E-state index is -3.53. The first kappa shape index (κ1) is 28.9. The molecule has 35 heavy (non-hydrogen) atoms. The maximum atomic E-state index is 13.4. The van der Waals surface area contributed by atoms with Gasteiger partial charge in [-0.05, 0) is 43.5 Å². The highest BCUT2D eigenvalue weighted by Gasteiger charge is 2.29. The Morgan fingerprint density at radius 2 is 1.63 bits per heavy atom. The molecule has 1 unspecified atom stereocenters. The average Bonchev–Trinajstić information content (AvgIpc) is 2.81. The van der Waals surface area contributed by atoms with E-state index in [1.54, 1.807) is 48.5 Å². The molecule has 0 aliphatic heterocycles. The molecule has 7 nitrogen and oxygen atoms in total. The van der Waals surface area contributed by atoms with Gasteiger partial charge in [-0.2, -0.15) is 0 Å². The SMILES string of the molecule is CCCNC(=O)C(CC)N(Cc1c(Cl)cccc1Cl)C(=O)CCCN(c1ccccc1)S(C)(=O)=O. The number of carbonyl (C=O) groups is 2. The number of anilines is 1. The largest absolute Gasteiger partial charge is 0.354 e. The van der Waals surface area contributed by atoms with Gasteiger partial charge in [-0.1, -0.05) is 61.3 Å². The topological polar surface area (TPSA) is 86.8 Å². The molecule has 0 spiro atoms. The summed E-state index contributed by atoms with van der Waals surface area (Å²) in [5, 5.41) is 3.68. The van der Waals surface area contributed by atoms with Crippen LogP contribution in [0.1, 0.15) is 45.1 Å². The van der Waals surface area contributed by atoms with E-state index in [-0.39, 0.29) is 37.7 Å². The second-order valence-corrected chi connectivity index (χ2v) is 10.9. The fourth-order valence-corrected chi connectivity index (χ4v) is 5.22. The molecule has 0 heterocycles. The van der Waals surface area contributed by atoms with Crippen molar-refractivity contribution in [3.8, 4) is 0 Å². The van der Waals surface area contributed by atoms with E-state index in [0.717, 1.165) is 12.7 Å². The number of rotatable bonds is 13. The van der Waals surface area contributed by atoms with Crippen molar-refractivity contribution in [2.24, 2.45) is 0 Å². The maximum absolute atomic E-state index is 13.4. The van der Waals surface area contributed by atoms with Crippen LogP contribution >= 0.6 is 23.2 Å². The number of nitrogens with one attached hydrogen (secondary N) is 1. The van der Waals surface area contributed by atoms with E-state index < -0.39 is 16.1 Å². The minimum absolute atomic E-state index is 0.0541. The van der Waals surface area contributed by atoms with Crippen LogP contribution in [0, 0.1) is 0 Å². The van der Waals surface area contributed by atoms with Gasteiger partial charge in [0.25, 0.3) is 0 Å². The predicted molar refractivity (Wildman–Crippen MR) is 142 cm³/mol. The lowest BCUT2D eigenvalue weighted by atomic mass is 10.1. The fraction of sp³-hybridized carbons (Fsp3) is 0.440. The third kappa shape index (κ3) is 8.40. The Morgan fingerprint density at radius 1 is 1.00 bits per heavy atom. The Bertz CT molecular complexity index is 1080. The van der Waals surface area contributed by atoms with Gasteiger partial charge < -0.3 is 10.2 Å². The first-order valence-corrected chi connectivity index (χ1v) is 14.2. The number of benzene rings is 2. The van der Waals surface area contributed by atoms with Gasteiger partial charge in [-0.3, -0.25) is 13.9 Å². The standard InChI is InChI=1S/C25H33Cl2N3O4S/c1-4-16-28-25(32)23(5-2)29(18-20-21(26)13-9-14-22(20)27)24(31)15-10-17-30(35(3,33)34)19-11-7-6-8-12-19/h6-9,11-14,23H,4-5,10,15-18H2,1-3H3,(H,28,32). The lowest BCUT2D eigenvalue weighted by Gasteiger charge is -2.31. The predicted octanol–water partition coefficient (Wildman–Crippen LogP) is 4.87. The van der Waals surface area contributed by atoms with Crippen LogP contribution in [0.5, 0.6) is 0 Å². The first-order valence-electron chi connectivity index (χ1n) is 11.6. The van der Waals surface area contributed by atoms with Crippen LogP contribution in [-0.2, 0) is 26.2 Å². The number of amides is 2. The van der Waals surface area contributed by atoms with Gasteiger partial charge in [0, 0.05) is 41.7 Å². The first-order chi connectivity index (χ1) is 16.6. The Kier molecular flexibility index (Phi) is 11.3. The van der Waals surface area contributed by atoms with Gasteiger partial charge in [0.15, 0.2) is 0 Å². The van der Waals surface area contributed by atoms with Crippen molar-refractivity contribution < 1.29 is 18.0 Å². The van der Waals surface area contributed by atoms with Gasteiger partial charge in [-0.25, -0.2) is 8.42 Å². The van der Waals surface area contributed by atoms with Crippen LogP contribution in [0.15, 0.2) is 48.5 Å². The number of sulfonamides is 1. The van der Waals surface area contributed by atoms with Gasteiger partial charge >= 0.3 is 0 Å². The van der Waals surface area contributed by atoms with Crippen molar-refractivity contribution >= 4 is 50.7 Å². The number of hydrogen-bond donors (Lipinski definition) is 1. The highest BCUT2D eigenvalue weighted by atomic mass is 35.5. The van der Waals surface area contributed by atoms with Crippen molar-refractivity contribution in [1.29, 1.82) is 0 Å². The summed E-state index contributed by atoms with van der Waals surface area (Å²) >= 11 is 12.7. The third-order valence-electron chi connectivity index (χ3n) is 5.52. The monoisotopic (exact) mass is 541 g/mol. The van der Waals surface area contributed by atoms with Gasteiger partial charge in [0.05, 0.1) is 11.9 Å². The van der Waals surface area contributed by atoms with E-state index in [1.165, 1.54) is 9.21 Å². The summed E-state index contributed by atoms with van der Waals surface area (Å²) in [6.45, 7) is 4.50. The molecule has 2 rings (SSSR count). The zero-order valence-corrected chi connectivity index (χ0v) is 22.7. The van der Waals surface area contributed by atoms with Gasteiger partial charge in [-0.15, -0.1) is 0 Å². The van der Waals surface area contributed by atoms with Crippen LogP contribution in [0.3, 0.4) is 0 Å². The van der Waals surface area contributed by atoms with Gasteiger partial charge in [0.1, 0.15) is 6.04 Å².